The molecular weight excluding hydrogens is 777 g/mol. The van der Waals surface area contributed by atoms with Crippen LogP contribution in [-0.4, -0.2) is 109 Å². The van der Waals surface area contributed by atoms with E-state index in [1.807, 2.05) is 74.5 Å². The standard InChI is InChI=1S/C44H50N4O10S/c1-42(2)55-35-26-34(36(52-29-51-5)27-53-44(30-18-10-6-11-19-30,31-20-12-7-13-21-31)32-22-14-8-15-23-32)54-40(38(35)57-42)39-37(56-43(3,4)58-39)28-59(49,50)41-45-46-47-48(41)33-24-16-9-17-25-33/h6-25,34-40H,26-29H2,1-5H3/t34-,35-,36-,37-,38-,39+,40-/m1/s1. The molecule has 3 saturated heterocycles. The maximum Gasteiger partial charge on any atom is 0.272 e. The van der Waals surface area contributed by atoms with Gasteiger partial charge in [-0.15, -0.1) is 0 Å². The lowest BCUT2D eigenvalue weighted by atomic mass is 9.80. The van der Waals surface area contributed by atoms with Crippen molar-refractivity contribution in [3.8, 4) is 5.69 Å². The number of methoxy groups -OCH3 is 1. The lowest BCUT2D eigenvalue weighted by Crippen LogP contribution is -2.58. The highest BCUT2D eigenvalue weighted by Crippen LogP contribution is 2.45. The summed E-state index contributed by atoms with van der Waals surface area (Å²) in [5, 5.41) is 11.3. The van der Waals surface area contributed by atoms with Crippen LogP contribution in [0, 0.1) is 0 Å². The number of para-hydroxylation sites is 1. The number of nitrogens with zero attached hydrogens (tertiary/aromatic N) is 4. The smallest absolute Gasteiger partial charge is 0.272 e. The van der Waals surface area contributed by atoms with Gasteiger partial charge in [0.1, 0.15) is 42.9 Å². The lowest BCUT2D eigenvalue weighted by Gasteiger charge is -2.43. The Bertz CT molecular complexity index is 2150. The summed E-state index contributed by atoms with van der Waals surface area (Å²) in [4.78, 5) is 0. The van der Waals surface area contributed by atoms with E-state index in [1.54, 1.807) is 45.2 Å². The topological polar surface area (TPSA) is 152 Å². The van der Waals surface area contributed by atoms with Gasteiger partial charge in [-0.05, 0) is 66.9 Å². The fraction of sp³-hybridized carbons (Fsp3) is 0.432. The molecule has 0 N–H and O–H groups in total. The first kappa shape index (κ1) is 41.3. The van der Waals surface area contributed by atoms with Gasteiger partial charge in [0.05, 0.1) is 30.3 Å². The van der Waals surface area contributed by atoms with E-state index in [-0.39, 0.29) is 18.6 Å². The van der Waals surface area contributed by atoms with Gasteiger partial charge >= 0.3 is 0 Å². The van der Waals surface area contributed by atoms with Crippen molar-refractivity contribution in [2.45, 2.75) is 99.2 Å². The van der Waals surface area contributed by atoms with Gasteiger partial charge in [-0.25, -0.2) is 8.42 Å². The number of sulfone groups is 1. The van der Waals surface area contributed by atoms with Crippen molar-refractivity contribution in [2.75, 3.05) is 26.3 Å². The van der Waals surface area contributed by atoms with E-state index in [0.29, 0.717) is 12.1 Å². The Morgan fingerprint density at radius 3 is 1.86 bits per heavy atom. The van der Waals surface area contributed by atoms with E-state index in [9.17, 15) is 8.42 Å². The van der Waals surface area contributed by atoms with Crippen LogP contribution in [-0.2, 0) is 53.3 Å². The maximum atomic E-state index is 14.2. The molecule has 312 valence electrons. The average Bonchev–Trinajstić information content (AvgIpc) is 3.94. The molecule has 4 aromatic carbocycles. The zero-order chi connectivity index (χ0) is 41.3. The zero-order valence-electron chi connectivity index (χ0n) is 33.7. The van der Waals surface area contributed by atoms with Crippen LogP contribution in [0.3, 0.4) is 0 Å². The molecule has 7 atom stereocenters. The Morgan fingerprint density at radius 2 is 1.29 bits per heavy atom. The van der Waals surface area contributed by atoms with Gasteiger partial charge in [0.2, 0.25) is 9.84 Å². The molecular formula is C44H50N4O10S. The fourth-order valence-electron chi connectivity index (χ4n) is 8.45. The minimum atomic E-state index is -4.16. The van der Waals surface area contributed by atoms with Crippen LogP contribution in [0.1, 0.15) is 50.8 Å². The summed E-state index contributed by atoms with van der Waals surface area (Å²) < 4.78 is 81.7. The molecule has 3 aliphatic rings. The monoisotopic (exact) mass is 826 g/mol. The van der Waals surface area contributed by atoms with Gasteiger partial charge in [0, 0.05) is 13.5 Å². The van der Waals surface area contributed by atoms with Gasteiger partial charge in [-0.3, -0.25) is 0 Å². The Hall–Kier alpha value is -4.42. The normalized spacial score (nSPS) is 25.7. The van der Waals surface area contributed by atoms with E-state index >= 15 is 0 Å². The van der Waals surface area contributed by atoms with Gasteiger partial charge in [-0.2, -0.15) is 4.68 Å². The van der Waals surface area contributed by atoms with E-state index < -0.39 is 75.5 Å². The third kappa shape index (κ3) is 8.62. The van der Waals surface area contributed by atoms with Crippen molar-refractivity contribution < 1.29 is 46.3 Å². The van der Waals surface area contributed by atoms with Crippen molar-refractivity contribution in [3.63, 3.8) is 0 Å². The maximum absolute atomic E-state index is 14.2. The second-order valence-corrected chi connectivity index (χ2v) is 17.8. The molecule has 59 heavy (non-hydrogen) atoms. The minimum absolute atomic E-state index is 0.0441. The molecule has 5 aromatic rings. The zero-order valence-corrected chi connectivity index (χ0v) is 34.5. The Kier molecular flexibility index (Phi) is 11.8. The molecule has 0 radical (unpaired) electrons. The molecule has 15 heteroatoms. The second kappa shape index (κ2) is 16.9. The number of rotatable bonds is 15. The first-order valence-corrected chi connectivity index (χ1v) is 21.4. The quantitative estimate of drug-likeness (QED) is 0.0948. The molecule has 3 aliphatic heterocycles. The average molecular weight is 827 g/mol. The van der Waals surface area contributed by atoms with Gasteiger partial charge < -0.3 is 37.9 Å². The van der Waals surface area contributed by atoms with Crippen molar-refractivity contribution >= 4 is 9.84 Å². The van der Waals surface area contributed by atoms with E-state index in [4.69, 9.17) is 37.9 Å². The van der Waals surface area contributed by atoms with Crippen LogP contribution in [0.25, 0.3) is 5.69 Å². The number of benzene rings is 4. The van der Waals surface area contributed by atoms with E-state index in [2.05, 4.69) is 51.9 Å². The summed E-state index contributed by atoms with van der Waals surface area (Å²) in [6.07, 6.45) is -4.87. The first-order valence-electron chi connectivity index (χ1n) is 19.7. The van der Waals surface area contributed by atoms with Gasteiger partial charge in [-0.1, -0.05) is 114 Å². The highest BCUT2D eigenvalue weighted by Gasteiger charge is 2.59. The molecule has 8 rings (SSSR count). The lowest BCUT2D eigenvalue weighted by molar-refractivity contribution is -0.236. The fourth-order valence-corrected chi connectivity index (χ4v) is 9.86. The van der Waals surface area contributed by atoms with Crippen molar-refractivity contribution in [2.24, 2.45) is 0 Å². The minimum Gasteiger partial charge on any atom is -0.366 e. The summed E-state index contributed by atoms with van der Waals surface area (Å²) >= 11 is 0. The molecule has 0 unspecified atom stereocenters. The molecule has 4 heterocycles. The summed E-state index contributed by atoms with van der Waals surface area (Å²) in [6.45, 7) is 7.18. The van der Waals surface area contributed by atoms with E-state index in [1.165, 1.54) is 4.68 Å². The number of fused-ring (bicyclic) bond motifs is 1. The molecule has 3 fully saturated rings. The Labute approximate surface area is 344 Å². The van der Waals surface area contributed by atoms with Crippen LogP contribution in [0.4, 0.5) is 0 Å². The summed E-state index contributed by atoms with van der Waals surface area (Å²) in [5.41, 5.74) is 2.25. The second-order valence-electron chi connectivity index (χ2n) is 15.8. The predicted octanol–water partition coefficient (Wildman–Crippen LogP) is 5.63. The van der Waals surface area contributed by atoms with Crippen LogP contribution in [0.2, 0.25) is 0 Å². The number of tetrazole rings is 1. The molecule has 0 amide bonds. The summed E-state index contributed by atoms with van der Waals surface area (Å²) in [7, 11) is -2.60. The number of aromatic nitrogens is 4. The molecule has 1 aromatic heterocycles. The first-order chi connectivity index (χ1) is 28.4. The highest BCUT2D eigenvalue weighted by atomic mass is 32.2. The highest BCUT2D eigenvalue weighted by molar-refractivity contribution is 7.91. The van der Waals surface area contributed by atoms with Crippen molar-refractivity contribution in [1.29, 1.82) is 0 Å². The number of hydrogen-bond donors (Lipinski definition) is 0. The summed E-state index contributed by atoms with van der Waals surface area (Å²) in [6, 6.07) is 39.1. The number of hydrogen-bond acceptors (Lipinski definition) is 13. The molecule has 0 aliphatic carbocycles. The molecule has 14 nitrogen and oxygen atoms in total. The molecule has 0 saturated carbocycles. The van der Waals surface area contributed by atoms with Crippen LogP contribution in [0.15, 0.2) is 126 Å². The predicted molar refractivity (Wildman–Crippen MR) is 214 cm³/mol. The Balaban J connectivity index is 1.13. The van der Waals surface area contributed by atoms with Crippen LogP contribution >= 0.6 is 0 Å². The molecule has 0 spiro atoms. The van der Waals surface area contributed by atoms with Gasteiger partial charge in [0.25, 0.3) is 5.16 Å². The number of ether oxygens (including phenoxy) is 8. The third-order valence-electron chi connectivity index (χ3n) is 10.8. The van der Waals surface area contributed by atoms with E-state index in [0.717, 1.165) is 16.7 Å². The van der Waals surface area contributed by atoms with Crippen LogP contribution < -0.4 is 0 Å². The Morgan fingerprint density at radius 1 is 0.746 bits per heavy atom. The largest absolute Gasteiger partial charge is 0.366 e. The SMILES string of the molecule is COCO[C@H](COC(c1ccccc1)(c1ccccc1)c1ccccc1)[C@H]1C[C@H]2OC(C)(C)O[C@H]2[C@H]([C@H]2OC(C)(C)O[C@@H]2CS(=O)(=O)c2nnnn2-c2ccccc2)O1. The van der Waals surface area contributed by atoms with Crippen molar-refractivity contribution in [3.05, 3.63) is 138 Å². The molecule has 0 bridgehead atoms. The summed E-state index contributed by atoms with van der Waals surface area (Å²) in [5.74, 6) is -2.64. The van der Waals surface area contributed by atoms with Gasteiger partial charge in [0.15, 0.2) is 11.6 Å². The van der Waals surface area contributed by atoms with Crippen LogP contribution in [0.5, 0.6) is 0 Å². The third-order valence-corrected chi connectivity index (χ3v) is 12.4. The van der Waals surface area contributed by atoms with Crippen molar-refractivity contribution in [1.82, 2.24) is 20.2 Å².